The normalized spacial score (nSPS) is 13.9. The van der Waals surface area contributed by atoms with Gasteiger partial charge in [0.25, 0.3) is 5.91 Å². The van der Waals surface area contributed by atoms with Crippen molar-refractivity contribution in [3.05, 3.63) is 107 Å². The second-order valence-corrected chi connectivity index (χ2v) is 11.5. The number of H-pyrrole nitrogens is 1. The van der Waals surface area contributed by atoms with Crippen LogP contribution in [0.1, 0.15) is 72.4 Å². The van der Waals surface area contributed by atoms with Crippen molar-refractivity contribution in [3.8, 4) is 17.2 Å². The number of anilines is 2. The molecule has 41 heavy (non-hydrogen) atoms. The van der Waals surface area contributed by atoms with Crippen molar-refractivity contribution in [2.75, 3.05) is 36.4 Å². The van der Waals surface area contributed by atoms with Gasteiger partial charge in [-0.1, -0.05) is 64.1 Å². The van der Waals surface area contributed by atoms with Crippen LogP contribution in [0.2, 0.25) is 0 Å². The third-order valence-corrected chi connectivity index (χ3v) is 7.95. The molecule has 3 aromatic carbocycles. The Morgan fingerprint density at radius 3 is 2.20 bits per heavy atom. The van der Waals surface area contributed by atoms with Crippen molar-refractivity contribution in [2.45, 2.75) is 46.1 Å². The predicted molar refractivity (Wildman–Crippen MR) is 167 cm³/mol. The van der Waals surface area contributed by atoms with Gasteiger partial charge in [-0.25, -0.2) is 0 Å². The highest BCUT2D eigenvalue weighted by Crippen LogP contribution is 2.34. The van der Waals surface area contributed by atoms with Gasteiger partial charge in [-0.15, -0.1) is 0 Å². The predicted octanol–water partition coefficient (Wildman–Crippen LogP) is 7.37. The third-order valence-electron chi connectivity index (χ3n) is 7.95. The van der Waals surface area contributed by atoms with Crippen LogP contribution in [0.25, 0.3) is 11.1 Å². The number of piperazine rings is 1. The minimum atomic E-state index is -0.0966. The van der Waals surface area contributed by atoms with Gasteiger partial charge >= 0.3 is 0 Å². The van der Waals surface area contributed by atoms with Gasteiger partial charge in [-0.05, 0) is 76.6 Å². The van der Waals surface area contributed by atoms with Crippen LogP contribution in [0.15, 0.2) is 78.9 Å². The Morgan fingerprint density at radius 1 is 0.878 bits per heavy atom. The van der Waals surface area contributed by atoms with Crippen molar-refractivity contribution in [3.63, 3.8) is 0 Å². The lowest BCUT2D eigenvalue weighted by Crippen LogP contribution is -2.46. The number of amides is 1. The van der Waals surface area contributed by atoms with Crippen LogP contribution in [0.3, 0.4) is 0 Å². The van der Waals surface area contributed by atoms with E-state index in [0.717, 1.165) is 60.9 Å². The number of hydrogen-bond donors (Lipinski definition) is 2. The Kier molecular flexibility index (Phi) is 8.56. The molecule has 1 amide bonds. The van der Waals surface area contributed by atoms with E-state index in [9.17, 15) is 4.79 Å². The van der Waals surface area contributed by atoms with E-state index in [2.05, 4.69) is 96.3 Å². The number of carbonyl (C=O) groups excluding carboxylic acids is 1. The lowest BCUT2D eigenvalue weighted by molar-refractivity contribution is 0.102. The molecule has 0 aliphatic carbocycles. The number of rotatable bonds is 8. The summed E-state index contributed by atoms with van der Waals surface area (Å²) in [7, 11) is 0. The molecule has 2 heterocycles. The van der Waals surface area contributed by atoms with Gasteiger partial charge in [0.1, 0.15) is 11.8 Å². The maximum atomic E-state index is 13.6. The third kappa shape index (κ3) is 6.53. The Morgan fingerprint density at radius 2 is 1.59 bits per heavy atom. The van der Waals surface area contributed by atoms with Crippen LogP contribution >= 0.6 is 0 Å². The number of aromatic amines is 1. The van der Waals surface area contributed by atoms with Crippen molar-refractivity contribution in [1.29, 1.82) is 5.26 Å². The minimum absolute atomic E-state index is 0.0966. The fourth-order valence-electron chi connectivity index (χ4n) is 5.55. The molecule has 1 saturated heterocycles. The zero-order chi connectivity index (χ0) is 28.9. The molecule has 6 heteroatoms. The summed E-state index contributed by atoms with van der Waals surface area (Å²) in [6, 6.07) is 28.8. The van der Waals surface area contributed by atoms with Crippen molar-refractivity contribution < 1.29 is 4.79 Å². The van der Waals surface area contributed by atoms with Gasteiger partial charge < -0.3 is 15.2 Å². The molecule has 1 aliphatic heterocycles. The van der Waals surface area contributed by atoms with Crippen molar-refractivity contribution in [1.82, 2.24) is 9.88 Å². The van der Waals surface area contributed by atoms with Crippen LogP contribution in [0, 0.1) is 11.3 Å². The summed E-state index contributed by atoms with van der Waals surface area (Å²) in [6.07, 6.45) is 0. The quantitative estimate of drug-likeness (QED) is 0.242. The lowest BCUT2D eigenvalue weighted by atomic mass is 9.87. The fraction of sp³-hybridized carbons (Fsp3) is 0.314. The van der Waals surface area contributed by atoms with Gasteiger partial charge in [0.05, 0.1) is 0 Å². The fourth-order valence-corrected chi connectivity index (χ4v) is 5.55. The number of carbonyl (C=O) groups is 1. The summed E-state index contributed by atoms with van der Waals surface area (Å²) in [6.45, 7) is 13.3. The van der Waals surface area contributed by atoms with Gasteiger partial charge in [0, 0.05) is 55.4 Å². The van der Waals surface area contributed by atoms with Crippen molar-refractivity contribution in [2.24, 2.45) is 0 Å². The molecular formula is C35H39N5O. The van der Waals surface area contributed by atoms with Gasteiger partial charge in [0.2, 0.25) is 0 Å². The summed E-state index contributed by atoms with van der Waals surface area (Å²) >= 11 is 0. The second kappa shape index (κ2) is 12.4. The van der Waals surface area contributed by atoms with Crippen LogP contribution in [-0.2, 0) is 6.54 Å². The van der Waals surface area contributed by atoms with E-state index >= 15 is 0 Å². The summed E-state index contributed by atoms with van der Waals surface area (Å²) in [5, 5.41) is 12.2. The highest BCUT2D eigenvalue weighted by molar-refractivity contribution is 6.09. The molecule has 0 saturated carbocycles. The summed E-state index contributed by atoms with van der Waals surface area (Å²) < 4.78 is 0. The number of nitrogens with zero attached hydrogens (tertiary/aromatic N) is 3. The second-order valence-electron chi connectivity index (χ2n) is 11.5. The number of nitrogens with one attached hydrogen (secondary N) is 2. The summed E-state index contributed by atoms with van der Waals surface area (Å²) in [5.41, 5.74) is 8.85. The van der Waals surface area contributed by atoms with Gasteiger partial charge in [-0.2, -0.15) is 5.26 Å². The summed E-state index contributed by atoms with van der Waals surface area (Å²) in [4.78, 5) is 21.5. The first-order chi connectivity index (χ1) is 19.8. The molecule has 0 spiro atoms. The van der Waals surface area contributed by atoms with Crippen LogP contribution in [0.4, 0.5) is 11.4 Å². The summed E-state index contributed by atoms with van der Waals surface area (Å²) in [5.74, 6) is 0.655. The first-order valence-electron chi connectivity index (χ1n) is 14.5. The van der Waals surface area contributed by atoms with Crippen LogP contribution in [0.5, 0.6) is 0 Å². The molecule has 6 nitrogen and oxygen atoms in total. The van der Waals surface area contributed by atoms with E-state index < -0.39 is 0 Å². The molecule has 2 N–H and O–H groups in total. The molecule has 5 rings (SSSR count). The molecule has 1 aliphatic rings. The number of nitriles is 1. The topological polar surface area (TPSA) is 75.2 Å². The van der Waals surface area contributed by atoms with Crippen molar-refractivity contribution >= 4 is 17.3 Å². The molecular weight excluding hydrogens is 506 g/mol. The molecule has 4 aromatic rings. The first kappa shape index (κ1) is 28.2. The highest BCUT2D eigenvalue weighted by Gasteiger charge is 2.20. The first-order valence-corrected chi connectivity index (χ1v) is 14.5. The van der Waals surface area contributed by atoms with E-state index in [1.165, 1.54) is 11.1 Å². The maximum absolute atomic E-state index is 13.6. The smallest absolute Gasteiger partial charge is 0.256 e. The Labute approximate surface area is 243 Å². The minimum Gasteiger partial charge on any atom is -0.369 e. The standard InChI is InChI=1S/C35H39N5O/c1-24(2)26-8-10-27(11-9-26)34-32(25(3)4)6-5-7-33(34)35(41)38-28-14-16-31(17-15-28)40-20-18-39(19-21-40)23-30-13-12-29(22-36)37-30/h5-17,24-25,37H,18-21,23H2,1-4H3,(H,38,41). The average molecular weight is 546 g/mol. The zero-order valence-electron chi connectivity index (χ0n) is 24.4. The molecule has 0 unspecified atom stereocenters. The molecule has 0 radical (unpaired) electrons. The van der Waals surface area contributed by atoms with E-state index in [1.54, 1.807) is 0 Å². The van der Waals surface area contributed by atoms with E-state index in [4.69, 9.17) is 5.26 Å². The Hall–Kier alpha value is -4.34. The number of benzene rings is 3. The monoisotopic (exact) mass is 545 g/mol. The molecule has 210 valence electrons. The number of hydrogen-bond acceptors (Lipinski definition) is 4. The lowest BCUT2D eigenvalue weighted by Gasteiger charge is -2.36. The average Bonchev–Trinajstić information content (AvgIpc) is 3.45. The zero-order valence-corrected chi connectivity index (χ0v) is 24.4. The SMILES string of the molecule is CC(C)c1ccc(-c2c(C(=O)Nc3ccc(N4CCN(Cc5ccc(C#N)[nH]5)CC4)cc3)cccc2C(C)C)cc1. The van der Waals surface area contributed by atoms with E-state index in [1.807, 2.05) is 36.4 Å². The van der Waals surface area contributed by atoms with Gasteiger partial charge in [-0.3, -0.25) is 9.69 Å². The van der Waals surface area contributed by atoms with Gasteiger partial charge in [0.15, 0.2) is 0 Å². The number of aromatic nitrogens is 1. The largest absolute Gasteiger partial charge is 0.369 e. The molecule has 1 aromatic heterocycles. The Balaban J connectivity index is 1.26. The molecule has 0 atom stereocenters. The maximum Gasteiger partial charge on any atom is 0.256 e. The molecule has 0 bridgehead atoms. The highest BCUT2D eigenvalue weighted by atomic mass is 16.1. The van der Waals surface area contributed by atoms with Crippen LogP contribution < -0.4 is 10.2 Å². The van der Waals surface area contributed by atoms with E-state index in [-0.39, 0.29) is 5.91 Å². The Bertz CT molecular complexity index is 1520. The molecule has 1 fully saturated rings. The van der Waals surface area contributed by atoms with Crippen LogP contribution in [-0.4, -0.2) is 42.0 Å². The van der Waals surface area contributed by atoms with E-state index in [0.29, 0.717) is 23.1 Å².